The Morgan fingerprint density at radius 1 is 1.07 bits per heavy atom. The lowest BCUT2D eigenvalue weighted by Gasteiger charge is -2.17. The zero-order valence-corrected chi connectivity index (χ0v) is 19.1. The van der Waals surface area contributed by atoms with Crippen LogP contribution in [0, 0.1) is 0 Å². The summed E-state index contributed by atoms with van der Waals surface area (Å²) < 4.78 is 36.4. The summed E-state index contributed by atoms with van der Waals surface area (Å²) in [6.45, 7) is 5.43. The Kier molecular flexibility index (Phi) is 7.82. The second-order valence-electron chi connectivity index (χ2n) is 7.53. The monoisotopic (exact) mass is 449 g/mol. The highest BCUT2D eigenvalue weighted by Crippen LogP contribution is 2.39. The number of fused-ring (bicyclic) bond motifs is 1. The third-order valence-corrected chi connectivity index (χ3v) is 5.30. The van der Waals surface area contributed by atoms with Crippen LogP contribution in [-0.2, 0) is 15.8 Å². The Bertz CT molecular complexity index is 1040. The van der Waals surface area contributed by atoms with Gasteiger partial charge < -0.3 is 14.0 Å². The molecule has 30 heavy (non-hydrogen) atoms. The van der Waals surface area contributed by atoms with E-state index in [1.165, 1.54) is 28.2 Å². The summed E-state index contributed by atoms with van der Waals surface area (Å²) in [5.74, 6) is 0.637. The fraction of sp³-hybridized carbons (Fsp3) is 0.318. The molecule has 0 aliphatic carbocycles. The number of para-hydroxylation sites is 1. The molecule has 0 spiro atoms. The summed E-state index contributed by atoms with van der Waals surface area (Å²) in [7, 11) is -0.951. The van der Waals surface area contributed by atoms with Gasteiger partial charge in [-0.05, 0) is 37.6 Å². The maximum atomic E-state index is 8.52. The second kappa shape index (κ2) is 9.75. The van der Waals surface area contributed by atoms with Crippen molar-refractivity contribution < 1.29 is 22.1 Å². The van der Waals surface area contributed by atoms with Gasteiger partial charge in [0.05, 0.1) is 5.41 Å². The molecule has 8 heteroatoms. The van der Waals surface area contributed by atoms with Gasteiger partial charge in [-0.2, -0.15) is 4.58 Å². The molecule has 1 aliphatic heterocycles. The Morgan fingerprint density at radius 3 is 2.17 bits per heavy atom. The third kappa shape index (κ3) is 6.15. The predicted molar refractivity (Wildman–Crippen MR) is 120 cm³/mol. The summed E-state index contributed by atoms with van der Waals surface area (Å²) in [4.78, 5) is 2.17. The van der Waals surface area contributed by atoms with Crippen molar-refractivity contribution in [3.63, 3.8) is 0 Å². The van der Waals surface area contributed by atoms with Gasteiger partial charge >= 0.3 is 0 Å². The molecule has 2 aromatic carbocycles. The standard InChI is InChI=1S/C22H26ClN2.H2O4S/c1-22(2)19-7-5-6-8-20(19)25(4)21(22)14-11-17-9-12-18(13-10-17)24(3)16-15-23;1-5(2,3)4/h5-14H,15-16H2,1-4H3;(H2,1,2,3,4)/q+1;/p-2. The zero-order valence-electron chi connectivity index (χ0n) is 17.5. The minimum Gasteiger partial charge on any atom is -0.759 e. The van der Waals surface area contributed by atoms with Crippen LogP contribution in [0.3, 0.4) is 0 Å². The molecule has 1 aliphatic rings. The summed E-state index contributed by atoms with van der Waals surface area (Å²) >= 11 is 5.82. The topological polar surface area (TPSA) is 86.5 Å². The molecule has 3 rings (SSSR count). The molecule has 0 saturated heterocycles. The van der Waals surface area contributed by atoms with Crippen LogP contribution in [0.1, 0.15) is 25.0 Å². The first-order valence-corrected chi connectivity index (χ1v) is 11.2. The van der Waals surface area contributed by atoms with E-state index in [1.54, 1.807) is 0 Å². The van der Waals surface area contributed by atoms with Gasteiger partial charge in [-0.1, -0.05) is 30.3 Å². The van der Waals surface area contributed by atoms with Crippen molar-refractivity contribution in [3.05, 3.63) is 65.7 Å². The second-order valence-corrected chi connectivity index (χ2v) is 8.72. The summed E-state index contributed by atoms with van der Waals surface area (Å²) in [6, 6.07) is 17.3. The van der Waals surface area contributed by atoms with E-state index in [0.29, 0.717) is 5.88 Å². The van der Waals surface area contributed by atoms with E-state index < -0.39 is 10.4 Å². The van der Waals surface area contributed by atoms with E-state index in [1.807, 2.05) is 0 Å². The Labute approximate surface area is 183 Å². The molecule has 0 bridgehead atoms. The molecule has 0 fully saturated rings. The molecule has 1 heterocycles. The van der Waals surface area contributed by atoms with Crippen molar-refractivity contribution in [2.75, 3.05) is 31.4 Å². The lowest BCUT2D eigenvalue weighted by molar-refractivity contribution is -0.401. The Balaban J connectivity index is 0.000000575. The first-order valence-electron chi connectivity index (χ1n) is 9.37. The zero-order chi connectivity index (χ0) is 22.5. The molecule has 0 unspecified atom stereocenters. The lowest BCUT2D eigenvalue weighted by atomic mass is 9.81. The van der Waals surface area contributed by atoms with Gasteiger partial charge in [0.2, 0.25) is 5.69 Å². The molecule has 0 radical (unpaired) electrons. The third-order valence-electron chi connectivity index (χ3n) is 5.13. The van der Waals surface area contributed by atoms with Crippen molar-refractivity contribution in [2.45, 2.75) is 19.3 Å². The van der Waals surface area contributed by atoms with Gasteiger partial charge in [0.1, 0.15) is 7.05 Å². The van der Waals surface area contributed by atoms with Crippen LogP contribution in [0.4, 0.5) is 11.4 Å². The van der Waals surface area contributed by atoms with Crippen LogP contribution in [0.25, 0.3) is 6.08 Å². The van der Waals surface area contributed by atoms with Crippen molar-refractivity contribution in [2.24, 2.45) is 0 Å². The van der Waals surface area contributed by atoms with E-state index >= 15 is 0 Å². The average Bonchev–Trinajstić information content (AvgIpc) is 2.86. The van der Waals surface area contributed by atoms with E-state index in [4.69, 9.17) is 29.1 Å². The van der Waals surface area contributed by atoms with Crippen LogP contribution in [0.2, 0.25) is 0 Å². The highest BCUT2D eigenvalue weighted by molar-refractivity contribution is 7.79. The number of hydrogen-bond acceptors (Lipinski definition) is 5. The molecule has 0 N–H and O–H groups in total. The van der Waals surface area contributed by atoms with Gasteiger partial charge in [0.25, 0.3) is 0 Å². The SMILES string of the molecule is CN(CCCl)c1ccc(/C=C/C2=[N+](C)c3ccccc3C2(C)C)cc1.O=S(=O)([O-])[O-]. The van der Waals surface area contributed by atoms with E-state index in [2.05, 4.69) is 98.1 Å². The van der Waals surface area contributed by atoms with Gasteiger partial charge in [-0.25, -0.2) is 0 Å². The normalized spacial score (nSPS) is 15.0. The molecule has 162 valence electrons. The quantitative estimate of drug-likeness (QED) is 0.300. The highest BCUT2D eigenvalue weighted by atomic mass is 35.5. The van der Waals surface area contributed by atoms with Crippen LogP contribution < -0.4 is 4.90 Å². The smallest absolute Gasteiger partial charge is 0.209 e. The van der Waals surface area contributed by atoms with Crippen LogP contribution in [0.5, 0.6) is 0 Å². The van der Waals surface area contributed by atoms with Crippen LogP contribution in [0.15, 0.2) is 54.6 Å². The molecule has 6 nitrogen and oxygen atoms in total. The van der Waals surface area contributed by atoms with Gasteiger partial charge in [0, 0.05) is 53.3 Å². The predicted octanol–water partition coefficient (Wildman–Crippen LogP) is 3.74. The molecule has 2 aromatic rings. The largest absolute Gasteiger partial charge is 0.759 e. The van der Waals surface area contributed by atoms with Gasteiger partial charge in [-0.15, -0.1) is 11.6 Å². The van der Waals surface area contributed by atoms with Crippen molar-refractivity contribution in [3.8, 4) is 0 Å². The molecular formula is C22H26ClN2O4S-. The molecule has 0 atom stereocenters. The minimum absolute atomic E-state index is 0.0162. The maximum absolute atomic E-state index is 8.52. The number of allylic oxidation sites excluding steroid dienone is 1. The number of halogens is 1. The Hall–Kier alpha value is -2.19. The van der Waals surface area contributed by atoms with Gasteiger partial charge in [0.15, 0.2) is 5.71 Å². The van der Waals surface area contributed by atoms with Crippen molar-refractivity contribution in [1.29, 1.82) is 0 Å². The molecule has 0 aromatic heterocycles. The minimum atomic E-state index is -5.17. The maximum Gasteiger partial charge on any atom is 0.209 e. The van der Waals surface area contributed by atoms with E-state index in [-0.39, 0.29) is 5.41 Å². The first kappa shape index (κ1) is 24.1. The number of nitrogens with zero attached hydrogens (tertiary/aromatic N) is 2. The summed E-state index contributed by atoms with van der Waals surface area (Å²) in [5, 5.41) is 0. The fourth-order valence-electron chi connectivity index (χ4n) is 3.57. The first-order chi connectivity index (χ1) is 13.9. The number of rotatable bonds is 5. The summed E-state index contributed by atoms with van der Waals surface area (Å²) in [6.07, 6.45) is 4.45. The van der Waals surface area contributed by atoms with Gasteiger partial charge in [-0.3, -0.25) is 8.42 Å². The van der Waals surface area contributed by atoms with E-state index in [9.17, 15) is 0 Å². The van der Waals surface area contributed by atoms with Crippen LogP contribution >= 0.6 is 11.6 Å². The average molecular weight is 450 g/mol. The highest BCUT2D eigenvalue weighted by Gasteiger charge is 2.42. The van der Waals surface area contributed by atoms with Crippen molar-refractivity contribution >= 4 is 45.2 Å². The number of anilines is 1. The van der Waals surface area contributed by atoms with Crippen LogP contribution in [-0.4, -0.2) is 54.3 Å². The number of alkyl halides is 1. The Morgan fingerprint density at radius 2 is 1.63 bits per heavy atom. The van der Waals surface area contributed by atoms with E-state index in [0.717, 1.165) is 6.54 Å². The summed E-state index contributed by atoms with van der Waals surface area (Å²) in [5.41, 5.74) is 6.41. The fourth-order valence-corrected chi connectivity index (χ4v) is 3.83. The number of benzene rings is 2. The van der Waals surface area contributed by atoms with Crippen molar-refractivity contribution in [1.82, 2.24) is 0 Å². The molecular weight excluding hydrogens is 424 g/mol. The lowest BCUT2D eigenvalue weighted by Crippen LogP contribution is -2.26. The molecule has 0 amide bonds. The number of hydrogen-bond donors (Lipinski definition) is 0. The molecule has 0 saturated carbocycles.